The molecule has 2 atom stereocenters. The van der Waals surface area contributed by atoms with Gasteiger partial charge in [-0.25, -0.2) is 4.79 Å². The number of benzene rings is 1. The van der Waals surface area contributed by atoms with E-state index in [1.54, 1.807) is 7.05 Å². The zero-order valence-corrected chi connectivity index (χ0v) is 10.5. The van der Waals surface area contributed by atoms with E-state index >= 15 is 0 Å². The maximum absolute atomic E-state index is 10.9. The molecule has 96 valence electrons. The summed E-state index contributed by atoms with van der Waals surface area (Å²) in [5.41, 5.74) is 1.34. The van der Waals surface area contributed by atoms with Crippen LogP contribution in [0.5, 0.6) is 0 Å². The molecule has 1 aromatic rings. The number of piperidine rings is 1. The van der Waals surface area contributed by atoms with E-state index < -0.39 is 6.09 Å². The van der Waals surface area contributed by atoms with E-state index in [2.05, 4.69) is 29.2 Å². The highest BCUT2D eigenvalue weighted by atomic mass is 16.4. The first-order valence-corrected chi connectivity index (χ1v) is 6.39. The SMILES string of the molecule is CN(C(=O)O)C1C2CN(Cc3ccccc3)CC21. The van der Waals surface area contributed by atoms with Crippen LogP contribution in [0.4, 0.5) is 4.79 Å². The van der Waals surface area contributed by atoms with Gasteiger partial charge in [-0.3, -0.25) is 4.90 Å². The number of carbonyl (C=O) groups is 1. The number of hydrogen-bond acceptors (Lipinski definition) is 2. The normalized spacial score (nSPS) is 29.9. The standard InChI is InChI=1S/C14H18N2O2/c1-15(14(17)18)13-11-8-16(9-12(11)13)7-10-5-3-2-4-6-10/h2-6,11-13H,7-9H2,1H3,(H,17,18). The van der Waals surface area contributed by atoms with Crippen LogP contribution in [0, 0.1) is 11.8 Å². The van der Waals surface area contributed by atoms with Gasteiger partial charge in [0.05, 0.1) is 0 Å². The first kappa shape index (κ1) is 11.5. The number of likely N-dealkylation sites (tertiary alicyclic amines) is 1. The zero-order valence-electron chi connectivity index (χ0n) is 10.5. The van der Waals surface area contributed by atoms with E-state index in [9.17, 15) is 4.79 Å². The summed E-state index contributed by atoms with van der Waals surface area (Å²) in [5, 5.41) is 8.96. The monoisotopic (exact) mass is 246 g/mol. The van der Waals surface area contributed by atoms with Crippen molar-refractivity contribution in [2.24, 2.45) is 11.8 Å². The smallest absolute Gasteiger partial charge is 0.407 e. The molecule has 1 aliphatic carbocycles. The zero-order chi connectivity index (χ0) is 12.7. The minimum absolute atomic E-state index is 0.259. The molecule has 0 spiro atoms. The molecule has 2 aliphatic rings. The fourth-order valence-electron chi connectivity index (χ4n) is 3.26. The number of amides is 1. The Morgan fingerprint density at radius 2 is 1.94 bits per heavy atom. The van der Waals surface area contributed by atoms with Gasteiger partial charge in [-0.05, 0) is 17.4 Å². The van der Waals surface area contributed by atoms with Crippen LogP contribution in [0.2, 0.25) is 0 Å². The van der Waals surface area contributed by atoms with Crippen LogP contribution in [0.3, 0.4) is 0 Å². The van der Waals surface area contributed by atoms with Crippen LogP contribution in [-0.2, 0) is 6.54 Å². The van der Waals surface area contributed by atoms with Crippen LogP contribution in [-0.4, -0.2) is 47.2 Å². The molecule has 1 saturated carbocycles. The second-order valence-corrected chi connectivity index (χ2v) is 5.39. The van der Waals surface area contributed by atoms with Crippen molar-refractivity contribution in [3.63, 3.8) is 0 Å². The summed E-state index contributed by atoms with van der Waals surface area (Å²) in [6, 6.07) is 10.7. The molecule has 18 heavy (non-hydrogen) atoms. The Labute approximate surface area is 107 Å². The van der Waals surface area contributed by atoms with E-state index in [1.807, 2.05) is 6.07 Å². The van der Waals surface area contributed by atoms with Gasteiger partial charge < -0.3 is 10.0 Å². The lowest BCUT2D eigenvalue weighted by molar-refractivity contribution is 0.142. The van der Waals surface area contributed by atoms with Crippen molar-refractivity contribution in [2.75, 3.05) is 20.1 Å². The summed E-state index contributed by atoms with van der Waals surface area (Å²) >= 11 is 0. The van der Waals surface area contributed by atoms with Crippen molar-refractivity contribution < 1.29 is 9.90 Å². The highest BCUT2D eigenvalue weighted by Crippen LogP contribution is 2.48. The molecule has 1 amide bonds. The van der Waals surface area contributed by atoms with Gasteiger partial charge in [0.1, 0.15) is 0 Å². The number of nitrogens with zero attached hydrogens (tertiary/aromatic N) is 2. The van der Waals surface area contributed by atoms with Crippen molar-refractivity contribution in [1.82, 2.24) is 9.80 Å². The number of fused-ring (bicyclic) bond motifs is 1. The average Bonchev–Trinajstić information content (AvgIpc) is 2.86. The molecule has 2 unspecified atom stereocenters. The molecule has 1 aromatic carbocycles. The van der Waals surface area contributed by atoms with Crippen LogP contribution in [0.25, 0.3) is 0 Å². The molecule has 1 N–H and O–H groups in total. The van der Waals surface area contributed by atoms with Gasteiger partial charge in [0, 0.05) is 32.7 Å². The number of hydrogen-bond donors (Lipinski definition) is 1. The molecule has 1 aliphatic heterocycles. The Balaban J connectivity index is 1.54. The summed E-state index contributed by atoms with van der Waals surface area (Å²) in [6.07, 6.45) is -0.802. The van der Waals surface area contributed by atoms with Gasteiger partial charge >= 0.3 is 6.09 Å². The molecule has 0 radical (unpaired) electrons. The topological polar surface area (TPSA) is 43.8 Å². The van der Waals surface area contributed by atoms with Gasteiger partial charge in [0.15, 0.2) is 0 Å². The lowest BCUT2D eigenvalue weighted by Gasteiger charge is -2.22. The third kappa shape index (κ3) is 1.97. The maximum atomic E-state index is 10.9. The first-order chi connectivity index (χ1) is 8.66. The number of carboxylic acid groups (broad SMARTS) is 1. The van der Waals surface area contributed by atoms with Crippen LogP contribution >= 0.6 is 0 Å². The number of rotatable bonds is 3. The molecule has 0 aromatic heterocycles. The Morgan fingerprint density at radius 1 is 1.33 bits per heavy atom. The van der Waals surface area contributed by atoms with Crippen molar-refractivity contribution in [2.45, 2.75) is 12.6 Å². The summed E-state index contributed by atoms with van der Waals surface area (Å²) in [5.74, 6) is 1.10. The van der Waals surface area contributed by atoms with E-state index in [0.29, 0.717) is 11.8 Å². The molecule has 1 saturated heterocycles. The maximum Gasteiger partial charge on any atom is 0.407 e. The Kier molecular flexibility index (Phi) is 2.74. The first-order valence-electron chi connectivity index (χ1n) is 6.39. The lowest BCUT2D eigenvalue weighted by Crippen LogP contribution is -2.35. The van der Waals surface area contributed by atoms with Crippen LogP contribution in [0.1, 0.15) is 5.56 Å². The van der Waals surface area contributed by atoms with Gasteiger partial charge in [-0.15, -0.1) is 0 Å². The minimum atomic E-state index is -0.802. The second-order valence-electron chi connectivity index (χ2n) is 5.39. The predicted octanol–water partition coefficient (Wildman–Crippen LogP) is 1.73. The summed E-state index contributed by atoms with van der Waals surface area (Å²) < 4.78 is 0. The van der Waals surface area contributed by atoms with Crippen molar-refractivity contribution in [1.29, 1.82) is 0 Å². The average molecular weight is 246 g/mol. The lowest BCUT2D eigenvalue weighted by atomic mass is 10.2. The van der Waals surface area contributed by atoms with Gasteiger partial charge in [-0.2, -0.15) is 0 Å². The van der Waals surface area contributed by atoms with Crippen molar-refractivity contribution in [3.05, 3.63) is 35.9 Å². The highest BCUT2D eigenvalue weighted by Gasteiger charge is 2.58. The highest BCUT2D eigenvalue weighted by molar-refractivity contribution is 5.65. The minimum Gasteiger partial charge on any atom is -0.465 e. The molecule has 0 bridgehead atoms. The molecule has 2 fully saturated rings. The molecule has 4 nitrogen and oxygen atoms in total. The largest absolute Gasteiger partial charge is 0.465 e. The van der Waals surface area contributed by atoms with Gasteiger partial charge in [0.25, 0.3) is 0 Å². The van der Waals surface area contributed by atoms with E-state index in [0.717, 1.165) is 19.6 Å². The van der Waals surface area contributed by atoms with Crippen molar-refractivity contribution in [3.8, 4) is 0 Å². The molecular formula is C14H18N2O2. The van der Waals surface area contributed by atoms with Crippen LogP contribution < -0.4 is 0 Å². The van der Waals surface area contributed by atoms with Gasteiger partial charge in [-0.1, -0.05) is 30.3 Å². The summed E-state index contributed by atoms with van der Waals surface area (Å²) in [6.45, 7) is 3.04. The van der Waals surface area contributed by atoms with E-state index in [-0.39, 0.29) is 6.04 Å². The fourth-order valence-corrected chi connectivity index (χ4v) is 3.26. The predicted molar refractivity (Wildman–Crippen MR) is 68.3 cm³/mol. The Morgan fingerprint density at radius 3 is 2.50 bits per heavy atom. The molecule has 4 heteroatoms. The van der Waals surface area contributed by atoms with E-state index in [1.165, 1.54) is 10.5 Å². The third-order valence-corrected chi connectivity index (χ3v) is 4.22. The summed E-state index contributed by atoms with van der Waals surface area (Å²) in [4.78, 5) is 14.8. The summed E-state index contributed by atoms with van der Waals surface area (Å²) in [7, 11) is 1.69. The van der Waals surface area contributed by atoms with Crippen LogP contribution in [0.15, 0.2) is 30.3 Å². The van der Waals surface area contributed by atoms with Gasteiger partial charge in [0.2, 0.25) is 0 Å². The fraction of sp³-hybridized carbons (Fsp3) is 0.500. The van der Waals surface area contributed by atoms with Crippen molar-refractivity contribution >= 4 is 6.09 Å². The van der Waals surface area contributed by atoms with E-state index in [4.69, 9.17) is 5.11 Å². The second kappa shape index (κ2) is 4.28. The molecule has 1 heterocycles. The Hall–Kier alpha value is -1.55. The molecular weight excluding hydrogens is 228 g/mol. The third-order valence-electron chi connectivity index (χ3n) is 4.22. The Bertz CT molecular complexity index is 436. The molecule has 3 rings (SSSR count). The quantitative estimate of drug-likeness (QED) is 0.883.